The fourth-order valence-corrected chi connectivity index (χ4v) is 2.80. The Bertz CT molecular complexity index is 634. The smallest absolute Gasteiger partial charge is 0.226 e. The molecular weight excluding hydrogens is 248 g/mol. The fourth-order valence-electron chi connectivity index (χ4n) is 2.53. The monoisotopic (exact) mass is 262 g/mol. The number of imidazole rings is 1. The molecule has 0 unspecified atom stereocenters. The van der Waals surface area contributed by atoms with E-state index >= 15 is 0 Å². The van der Waals surface area contributed by atoms with Crippen LogP contribution in [0.25, 0.3) is 0 Å². The molecule has 6 nitrogen and oxygen atoms in total. The van der Waals surface area contributed by atoms with Gasteiger partial charge in [0.05, 0.1) is 6.54 Å². The zero-order chi connectivity index (χ0) is 12.1. The predicted molar refractivity (Wildman–Crippen MR) is 69.0 cm³/mol. The lowest BCUT2D eigenvalue weighted by molar-refractivity contribution is 0.539. The molecule has 0 amide bonds. The summed E-state index contributed by atoms with van der Waals surface area (Å²) in [5.41, 5.74) is 0. The molecule has 2 aromatic heterocycles. The minimum absolute atomic E-state index is 0.549. The Balaban J connectivity index is 1.70. The van der Waals surface area contributed by atoms with Gasteiger partial charge in [0.15, 0.2) is 4.77 Å². The van der Waals surface area contributed by atoms with Gasteiger partial charge in [-0.1, -0.05) is 0 Å². The fraction of sp³-hybridized carbons (Fsp3) is 0.545. The molecule has 1 N–H and O–H groups in total. The van der Waals surface area contributed by atoms with Crippen LogP contribution in [0.3, 0.4) is 0 Å². The largest absolute Gasteiger partial charge is 0.332 e. The van der Waals surface area contributed by atoms with Gasteiger partial charge in [-0.3, -0.25) is 4.57 Å². The van der Waals surface area contributed by atoms with Gasteiger partial charge in [0, 0.05) is 31.5 Å². The van der Waals surface area contributed by atoms with Crippen molar-refractivity contribution >= 4 is 18.2 Å². The lowest BCUT2D eigenvalue weighted by Gasteiger charge is -2.28. The van der Waals surface area contributed by atoms with E-state index in [9.17, 15) is 0 Å². The maximum absolute atomic E-state index is 5.32. The van der Waals surface area contributed by atoms with Gasteiger partial charge in [-0.15, -0.1) is 5.10 Å². The highest BCUT2D eigenvalue weighted by Crippen LogP contribution is 2.38. The first-order chi connectivity index (χ1) is 8.83. The average Bonchev–Trinajstić information content (AvgIpc) is 2.98. The third kappa shape index (κ3) is 1.50. The first kappa shape index (κ1) is 10.3. The average molecular weight is 262 g/mol. The van der Waals surface area contributed by atoms with Crippen molar-refractivity contribution in [3.05, 3.63) is 23.0 Å². The highest BCUT2D eigenvalue weighted by molar-refractivity contribution is 7.71. The van der Waals surface area contributed by atoms with Crippen LogP contribution in [-0.4, -0.2) is 30.9 Å². The van der Waals surface area contributed by atoms with Gasteiger partial charge in [0.2, 0.25) is 5.95 Å². The van der Waals surface area contributed by atoms with Crippen LogP contribution in [0.4, 0.5) is 5.95 Å². The van der Waals surface area contributed by atoms with E-state index in [0.717, 1.165) is 36.2 Å². The second kappa shape index (κ2) is 3.68. The molecular formula is C11H14N6S. The Morgan fingerprint density at radius 2 is 2.22 bits per heavy atom. The number of anilines is 1. The topological polar surface area (TPSA) is 54.7 Å². The molecule has 1 fully saturated rings. The Morgan fingerprint density at radius 1 is 1.33 bits per heavy atom. The van der Waals surface area contributed by atoms with Crippen LogP contribution >= 0.6 is 12.2 Å². The highest BCUT2D eigenvalue weighted by Gasteiger charge is 2.30. The first-order valence-electron chi connectivity index (χ1n) is 6.25. The molecule has 2 aromatic rings. The van der Waals surface area contributed by atoms with E-state index in [1.165, 1.54) is 12.8 Å². The van der Waals surface area contributed by atoms with E-state index in [4.69, 9.17) is 12.2 Å². The van der Waals surface area contributed by atoms with Crippen molar-refractivity contribution in [1.82, 2.24) is 24.3 Å². The minimum atomic E-state index is 0.549. The number of nitrogens with zero attached hydrogens (tertiary/aromatic N) is 5. The minimum Gasteiger partial charge on any atom is -0.332 e. The number of nitrogens with one attached hydrogen (secondary N) is 1. The number of rotatable bonds is 2. The van der Waals surface area contributed by atoms with Gasteiger partial charge in [0.25, 0.3) is 0 Å². The number of hydrogen-bond donors (Lipinski definition) is 1. The quantitative estimate of drug-likeness (QED) is 0.833. The van der Waals surface area contributed by atoms with E-state index in [2.05, 4.69) is 29.2 Å². The van der Waals surface area contributed by atoms with Crippen LogP contribution in [0.5, 0.6) is 0 Å². The van der Waals surface area contributed by atoms with Crippen LogP contribution < -0.4 is 4.90 Å². The lowest BCUT2D eigenvalue weighted by atomic mass is 10.4. The molecule has 0 bridgehead atoms. The van der Waals surface area contributed by atoms with Gasteiger partial charge in [-0.05, 0) is 25.1 Å². The molecule has 18 heavy (non-hydrogen) atoms. The molecule has 94 valence electrons. The Labute approximate surface area is 109 Å². The Hall–Kier alpha value is -1.63. The second-order valence-corrected chi connectivity index (χ2v) is 5.28. The summed E-state index contributed by atoms with van der Waals surface area (Å²) in [7, 11) is 0. The summed E-state index contributed by atoms with van der Waals surface area (Å²) in [6.07, 6.45) is 6.31. The van der Waals surface area contributed by atoms with Gasteiger partial charge in [-0.2, -0.15) is 0 Å². The molecule has 0 atom stereocenters. The van der Waals surface area contributed by atoms with Gasteiger partial charge >= 0.3 is 0 Å². The normalized spacial score (nSPS) is 19.0. The third-order valence-corrected chi connectivity index (χ3v) is 3.91. The molecule has 1 aliphatic heterocycles. The molecule has 1 saturated carbocycles. The number of aromatic nitrogens is 5. The summed E-state index contributed by atoms with van der Waals surface area (Å²) in [5.74, 6) is 2.06. The van der Waals surface area contributed by atoms with Crippen molar-refractivity contribution in [3.63, 3.8) is 0 Å². The number of aromatic amines is 1. The molecule has 7 heteroatoms. The van der Waals surface area contributed by atoms with Gasteiger partial charge in [-0.25, -0.2) is 10.1 Å². The van der Waals surface area contributed by atoms with Crippen LogP contribution in [0.15, 0.2) is 12.4 Å². The van der Waals surface area contributed by atoms with E-state index < -0.39 is 0 Å². The molecule has 0 spiro atoms. The molecule has 1 aliphatic carbocycles. The van der Waals surface area contributed by atoms with Crippen molar-refractivity contribution in [1.29, 1.82) is 0 Å². The maximum atomic E-state index is 5.32. The summed E-state index contributed by atoms with van der Waals surface area (Å²) in [5, 5.41) is 7.31. The molecule has 0 radical (unpaired) electrons. The summed E-state index contributed by atoms with van der Waals surface area (Å²) >= 11 is 5.32. The molecule has 2 aliphatic rings. The van der Waals surface area contributed by atoms with Crippen LogP contribution in [0.2, 0.25) is 0 Å². The highest BCUT2D eigenvalue weighted by atomic mass is 32.1. The summed E-state index contributed by atoms with van der Waals surface area (Å²) in [6.45, 7) is 2.72. The number of H-pyrrole nitrogens is 1. The van der Waals surface area contributed by atoms with E-state index in [1.807, 2.05) is 12.4 Å². The van der Waals surface area contributed by atoms with Crippen LogP contribution in [-0.2, 0) is 13.1 Å². The van der Waals surface area contributed by atoms with Gasteiger partial charge < -0.3 is 9.47 Å². The third-order valence-electron chi connectivity index (χ3n) is 3.63. The molecule has 4 rings (SSSR count). The molecule has 0 aromatic carbocycles. The standard InChI is InChI=1S/C11H14N6S/c18-11-14-13-10(17(11)8-1-2-8)16-6-5-15-4-3-12-9(15)7-16/h3-4,8H,1-2,5-7H2,(H,14,18). The first-order valence-corrected chi connectivity index (χ1v) is 6.65. The van der Waals surface area contributed by atoms with E-state index in [1.54, 1.807) is 0 Å². The number of hydrogen-bond acceptors (Lipinski definition) is 4. The summed E-state index contributed by atoms with van der Waals surface area (Å²) < 4.78 is 5.09. The van der Waals surface area contributed by atoms with Crippen molar-refractivity contribution in [3.8, 4) is 0 Å². The van der Waals surface area contributed by atoms with E-state index in [-0.39, 0.29) is 0 Å². The van der Waals surface area contributed by atoms with Gasteiger partial charge in [0.1, 0.15) is 5.82 Å². The van der Waals surface area contributed by atoms with Crippen molar-refractivity contribution in [2.24, 2.45) is 0 Å². The SMILES string of the molecule is S=c1[nH]nc(N2CCn3ccnc3C2)n1C1CC1. The second-order valence-electron chi connectivity index (χ2n) is 4.89. The summed E-state index contributed by atoms with van der Waals surface area (Å²) in [4.78, 5) is 6.63. The Morgan fingerprint density at radius 3 is 3.06 bits per heavy atom. The number of fused-ring (bicyclic) bond motifs is 1. The predicted octanol–water partition coefficient (Wildman–Crippen LogP) is 1.49. The summed E-state index contributed by atoms with van der Waals surface area (Å²) in [6, 6.07) is 0.549. The van der Waals surface area contributed by atoms with Crippen LogP contribution in [0.1, 0.15) is 24.7 Å². The van der Waals surface area contributed by atoms with E-state index in [0.29, 0.717) is 6.04 Å². The van der Waals surface area contributed by atoms with Crippen molar-refractivity contribution in [2.75, 3.05) is 11.4 Å². The molecule has 3 heterocycles. The zero-order valence-corrected chi connectivity index (χ0v) is 10.7. The van der Waals surface area contributed by atoms with Crippen molar-refractivity contribution in [2.45, 2.75) is 32.0 Å². The van der Waals surface area contributed by atoms with Crippen LogP contribution in [0, 0.1) is 4.77 Å². The maximum Gasteiger partial charge on any atom is 0.226 e. The Kier molecular flexibility index (Phi) is 2.11. The molecule has 0 saturated heterocycles. The van der Waals surface area contributed by atoms with Crippen molar-refractivity contribution < 1.29 is 0 Å². The lowest BCUT2D eigenvalue weighted by Crippen LogP contribution is -2.35. The zero-order valence-electron chi connectivity index (χ0n) is 9.91.